The van der Waals surface area contributed by atoms with Crippen molar-refractivity contribution in [1.82, 2.24) is 4.90 Å². The fourth-order valence-corrected chi connectivity index (χ4v) is 2.47. The molecule has 1 aromatic rings. The van der Waals surface area contributed by atoms with E-state index in [-0.39, 0.29) is 5.75 Å². The molecule has 0 bridgehead atoms. The first-order valence-electron chi connectivity index (χ1n) is 6.34. The Morgan fingerprint density at radius 3 is 2.39 bits per heavy atom. The predicted octanol–water partition coefficient (Wildman–Crippen LogP) is 2.97. The molecule has 1 unspecified atom stereocenters. The van der Waals surface area contributed by atoms with Crippen LogP contribution in [0.5, 0.6) is 5.75 Å². The molecule has 4 heteroatoms. The van der Waals surface area contributed by atoms with Gasteiger partial charge in [0.15, 0.2) is 0 Å². The van der Waals surface area contributed by atoms with E-state index in [1.165, 1.54) is 25.0 Å². The second-order valence-electron chi connectivity index (χ2n) is 4.72. The van der Waals surface area contributed by atoms with Gasteiger partial charge in [0.1, 0.15) is 17.6 Å². The molecule has 1 aliphatic rings. The largest absolute Gasteiger partial charge is 0.508 e. The number of halogens is 1. The summed E-state index contributed by atoms with van der Waals surface area (Å²) in [6.45, 7) is 1.71. The number of rotatable bonds is 2. The summed E-state index contributed by atoms with van der Waals surface area (Å²) in [5, 5.41) is 18.7. The Labute approximate surface area is 106 Å². The van der Waals surface area contributed by atoms with Gasteiger partial charge in [0.25, 0.3) is 0 Å². The molecule has 0 saturated carbocycles. The van der Waals surface area contributed by atoms with E-state index in [4.69, 9.17) is 0 Å². The van der Waals surface area contributed by atoms with Crippen LogP contribution in [0.3, 0.4) is 0 Å². The minimum absolute atomic E-state index is 0.125. The van der Waals surface area contributed by atoms with Gasteiger partial charge in [0, 0.05) is 6.07 Å². The number of nitriles is 1. The van der Waals surface area contributed by atoms with Crippen molar-refractivity contribution >= 4 is 0 Å². The summed E-state index contributed by atoms with van der Waals surface area (Å²) in [6.07, 6.45) is 4.51. The second kappa shape index (κ2) is 5.83. The van der Waals surface area contributed by atoms with Crippen LogP contribution in [-0.4, -0.2) is 23.1 Å². The van der Waals surface area contributed by atoms with E-state index in [1.807, 2.05) is 0 Å². The predicted molar refractivity (Wildman–Crippen MR) is 66.5 cm³/mol. The molecule has 0 aliphatic carbocycles. The fourth-order valence-electron chi connectivity index (χ4n) is 2.47. The Kier molecular flexibility index (Phi) is 4.16. The summed E-state index contributed by atoms with van der Waals surface area (Å²) >= 11 is 0. The Hall–Kier alpha value is -1.60. The number of phenols is 1. The highest BCUT2D eigenvalue weighted by atomic mass is 19.1. The van der Waals surface area contributed by atoms with Crippen molar-refractivity contribution in [3.63, 3.8) is 0 Å². The van der Waals surface area contributed by atoms with Crippen LogP contribution < -0.4 is 0 Å². The zero-order chi connectivity index (χ0) is 13.0. The molecule has 1 saturated heterocycles. The van der Waals surface area contributed by atoms with E-state index in [2.05, 4.69) is 11.0 Å². The van der Waals surface area contributed by atoms with Crippen LogP contribution in [0.25, 0.3) is 0 Å². The van der Waals surface area contributed by atoms with Crippen molar-refractivity contribution < 1.29 is 9.50 Å². The van der Waals surface area contributed by atoms with Crippen LogP contribution in [-0.2, 0) is 0 Å². The maximum atomic E-state index is 13.3. The fraction of sp³-hybridized carbons (Fsp3) is 0.500. The lowest BCUT2D eigenvalue weighted by Crippen LogP contribution is -2.29. The van der Waals surface area contributed by atoms with Crippen LogP contribution in [0.15, 0.2) is 18.2 Å². The van der Waals surface area contributed by atoms with Crippen molar-refractivity contribution in [3.8, 4) is 11.8 Å². The molecule has 0 radical (unpaired) electrons. The monoisotopic (exact) mass is 248 g/mol. The first-order valence-corrected chi connectivity index (χ1v) is 6.34. The van der Waals surface area contributed by atoms with Gasteiger partial charge < -0.3 is 5.11 Å². The highest BCUT2D eigenvalue weighted by Gasteiger charge is 2.22. The third kappa shape index (κ3) is 2.99. The summed E-state index contributed by atoms with van der Waals surface area (Å²) in [4.78, 5) is 2.07. The number of phenolic OH excluding ortho intramolecular Hbond substituents is 1. The molecule has 96 valence electrons. The van der Waals surface area contributed by atoms with Gasteiger partial charge >= 0.3 is 0 Å². The van der Waals surface area contributed by atoms with Crippen LogP contribution in [0.1, 0.15) is 37.3 Å². The average molecular weight is 248 g/mol. The molecular formula is C14H17FN2O. The first kappa shape index (κ1) is 12.8. The SMILES string of the molecule is N#CC(c1cc(O)cc(F)c1)N1CCCCCC1. The van der Waals surface area contributed by atoms with E-state index in [1.54, 1.807) is 0 Å². The molecule has 18 heavy (non-hydrogen) atoms. The minimum Gasteiger partial charge on any atom is -0.508 e. The molecule has 3 nitrogen and oxygen atoms in total. The molecule has 1 fully saturated rings. The number of likely N-dealkylation sites (tertiary alicyclic amines) is 1. The van der Waals surface area contributed by atoms with Crippen molar-refractivity contribution in [1.29, 1.82) is 5.26 Å². The number of aromatic hydroxyl groups is 1. The summed E-state index contributed by atoms with van der Waals surface area (Å²) in [5.74, 6) is -0.625. The second-order valence-corrected chi connectivity index (χ2v) is 4.72. The van der Waals surface area contributed by atoms with Crippen molar-refractivity contribution in [2.45, 2.75) is 31.7 Å². The molecular weight excluding hydrogens is 231 g/mol. The van der Waals surface area contributed by atoms with Crippen LogP contribution in [0.2, 0.25) is 0 Å². The van der Waals surface area contributed by atoms with Gasteiger partial charge in [-0.25, -0.2) is 4.39 Å². The number of hydrogen-bond acceptors (Lipinski definition) is 3. The Bertz CT molecular complexity index is 427. The highest BCUT2D eigenvalue weighted by molar-refractivity contribution is 5.33. The number of hydrogen-bond donors (Lipinski definition) is 1. The standard InChI is InChI=1S/C14H17FN2O/c15-12-7-11(8-13(18)9-12)14(10-16)17-5-3-1-2-4-6-17/h7-9,14,18H,1-6H2. The third-order valence-electron chi connectivity index (χ3n) is 3.35. The highest BCUT2D eigenvalue weighted by Crippen LogP contribution is 2.26. The number of nitrogens with zero attached hydrogens (tertiary/aromatic N) is 2. The lowest BCUT2D eigenvalue weighted by atomic mass is 10.1. The van der Waals surface area contributed by atoms with Gasteiger partial charge in [-0.2, -0.15) is 5.26 Å². The molecule has 0 aromatic heterocycles. The van der Waals surface area contributed by atoms with Gasteiger partial charge in [-0.15, -0.1) is 0 Å². The summed E-state index contributed by atoms with van der Waals surface area (Å²) < 4.78 is 13.3. The van der Waals surface area contributed by atoms with E-state index < -0.39 is 11.9 Å². The van der Waals surface area contributed by atoms with Crippen molar-refractivity contribution in [3.05, 3.63) is 29.6 Å². The zero-order valence-electron chi connectivity index (χ0n) is 10.3. The van der Waals surface area contributed by atoms with Gasteiger partial charge in [0.05, 0.1) is 6.07 Å². The topological polar surface area (TPSA) is 47.3 Å². The Balaban J connectivity index is 2.24. The van der Waals surface area contributed by atoms with E-state index >= 15 is 0 Å². The van der Waals surface area contributed by atoms with Gasteiger partial charge in [-0.05, 0) is 43.6 Å². The summed E-state index contributed by atoms with van der Waals surface area (Å²) in [5.41, 5.74) is 0.539. The molecule has 1 atom stereocenters. The lowest BCUT2D eigenvalue weighted by Gasteiger charge is -2.25. The van der Waals surface area contributed by atoms with Crippen LogP contribution in [0, 0.1) is 17.1 Å². The first-order chi connectivity index (χ1) is 8.70. The maximum absolute atomic E-state index is 13.3. The van der Waals surface area contributed by atoms with Gasteiger partial charge in [-0.3, -0.25) is 4.90 Å². The minimum atomic E-state index is -0.500. The lowest BCUT2D eigenvalue weighted by molar-refractivity contribution is 0.245. The Morgan fingerprint density at radius 2 is 1.83 bits per heavy atom. The average Bonchev–Trinajstić information content (AvgIpc) is 2.58. The molecule has 1 heterocycles. The van der Waals surface area contributed by atoms with Crippen molar-refractivity contribution in [2.24, 2.45) is 0 Å². The molecule has 0 amide bonds. The van der Waals surface area contributed by atoms with E-state index in [0.29, 0.717) is 5.56 Å². The molecule has 1 aliphatic heterocycles. The quantitative estimate of drug-likeness (QED) is 0.875. The van der Waals surface area contributed by atoms with Gasteiger partial charge in [0.2, 0.25) is 0 Å². The smallest absolute Gasteiger partial charge is 0.127 e. The zero-order valence-corrected chi connectivity index (χ0v) is 10.3. The molecule has 0 spiro atoms. The summed E-state index contributed by atoms with van der Waals surface area (Å²) in [7, 11) is 0. The summed E-state index contributed by atoms with van der Waals surface area (Å²) in [6, 6.07) is 5.61. The molecule has 1 N–H and O–H groups in total. The van der Waals surface area contributed by atoms with Crippen LogP contribution >= 0.6 is 0 Å². The number of benzene rings is 1. The maximum Gasteiger partial charge on any atom is 0.127 e. The van der Waals surface area contributed by atoms with Gasteiger partial charge in [-0.1, -0.05) is 12.8 Å². The third-order valence-corrected chi connectivity index (χ3v) is 3.35. The van der Waals surface area contributed by atoms with E-state index in [0.717, 1.165) is 32.0 Å². The normalized spacial score (nSPS) is 18.9. The Morgan fingerprint density at radius 1 is 1.17 bits per heavy atom. The van der Waals surface area contributed by atoms with Crippen molar-refractivity contribution in [2.75, 3.05) is 13.1 Å². The molecule has 1 aromatic carbocycles. The van der Waals surface area contributed by atoms with Crippen LogP contribution in [0.4, 0.5) is 4.39 Å². The molecule has 2 rings (SSSR count). The van der Waals surface area contributed by atoms with E-state index in [9.17, 15) is 14.8 Å².